The molecule has 0 aliphatic carbocycles. The molecule has 0 saturated carbocycles. The molecule has 1 saturated heterocycles. The molecule has 1 fully saturated rings. The molecule has 25 heavy (non-hydrogen) atoms. The number of hydrogen-bond acceptors (Lipinski definition) is 4. The van der Waals surface area contributed by atoms with Crippen molar-refractivity contribution in [2.75, 3.05) is 33.3 Å². The quantitative estimate of drug-likeness (QED) is 0.820. The third-order valence-electron chi connectivity index (χ3n) is 4.44. The number of benzene rings is 1. The van der Waals surface area contributed by atoms with E-state index in [1.807, 2.05) is 24.0 Å². The molecule has 0 N–H and O–H groups in total. The van der Waals surface area contributed by atoms with Crippen LogP contribution >= 0.6 is 11.6 Å². The Balaban J connectivity index is 1.57. The number of ether oxygens (including phenoxy) is 1. The molecule has 0 unspecified atom stereocenters. The summed E-state index contributed by atoms with van der Waals surface area (Å²) in [5, 5.41) is 4.70. The Morgan fingerprint density at radius 3 is 2.68 bits per heavy atom. The maximum Gasteiger partial charge on any atom is 0.276 e. The van der Waals surface area contributed by atoms with E-state index in [9.17, 15) is 4.79 Å². The van der Waals surface area contributed by atoms with E-state index in [-0.39, 0.29) is 5.91 Å². The van der Waals surface area contributed by atoms with Crippen molar-refractivity contribution in [2.24, 2.45) is 0 Å². The van der Waals surface area contributed by atoms with Crippen LogP contribution < -0.4 is 4.74 Å². The van der Waals surface area contributed by atoms with Crippen LogP contribution in [-0.2, 0) is 13.1 Å². The van der Waals surface area contributed by atoms with Gasteiger partial charge in [0, 0.05) is 45.5 Å². The van der Waals surface area contributed by atoms with Gasteiger partial charge in [-0.05, 0) is 24.6 Å². The van der Waals surface area contributed by atoms with E-state index >= 15 is 0 Å². The monoisotopic (exact) mass is 362 g/mol. The van der Waals surface area contributed by atoms with Crippen LogP contribution in [0.4, 0.5) is 0 Å². The van der Waals surface area contributed by atoms with Gasteiger partial charge in [0.05, 0.1) is 12.1 Å². The Bertz CT molecular complexity index is 738. The second-order valence-corrected chi connectivity index (χ2v) is 6.51. The molecule has 6 nitrogen and oxygen atoms in total. The SMILES string of the molecule is CCn1cc(Cl)c(C(=O)N2CCN(Cc3cccc(OC)c3)CC2)n1. The zero-order chi connectivity index (χ0) is 17.8. The summed E-state index contributed by atoms with van der Waals surface area (Å²) in [6.07, 6.45) is 1.70. The minimum absolute atomic E-state index is 0.0850. The molecule has 3 rings (SSSR count). The zero-order valence-corrected chi connectivity index (χ0v) is 15.4. The van der Waals surface area contributed by atoms with E-state index in [0.29, 0.717) is 30.4 Å². The average molecular weight is 363 g/mol. The van der Waals surface area contributed by atoms with Crippen LogP contribution in [0.1, 0.15) is 23.0 Å². The minimum Gasteiger partial charge on any atom is -0.497 e. The lowest BCUT2D eigenvalue weighted by Gasteiger charge is -2.34. The van der Waals surface area contributed by atoms with Gasteiger partial charge in [-0.2, -0.15) is 5.10 Å². The number of halogens is 1. The lowest BCUT2D eigenvalue weighted by atomic mass is 10.2. The highest BCUT2D eigenvalue weighted by Crippen LogP contribution is 2.19. The average Bonchev–Trinajstić information content (AvgIpc) is 3.03. The predicted molar refractivity (Wildman–Crippen MR) is 97.1 cm³/mol. The number of carbonyl (C=O) groups is 1. The number of methoxy groups -OCH3 is 1. The summed E-state index contributed by atoms with van der Waals surface area (Å²) in [6.45, 7) is 6.53. The van der Waals surface area contributed by atoms with E-state index in [2.05, 4.69) is 22.1 Å². The van der Waals surface area contributed by atoms with E-state index in [0.717, 1.165) is 25.4 Å². The molecule has 0 bridgehead atoms. The van der Waals surface area contributed by atoms with Crippen molar-refractivity contribution >= 4 is 17.5 Å². The number of rotatable bonds is 5. The van der Waals surface area contributed by atoms with E-state index in [4.69, 9.17) is 16.3 Å². The molecule has 1 aromatic heterocycles. The Hall–Kier alpha value is -2.05. The summed E-state index contributed by atoms with van der Waals surface area (Å²) in [4.78, 5) is 16.8. The maximum absolute atomic E-state index is 12.6. The molecule has 2 heterocycles. The van der Waals surface area contributed by atoms with E-state index in [1.54, 1.807) is 18.0 Å². The molecular formula is C18H23ClN4O2. The number of aryl methyl sites for hydroxylation is 1. The van der Waals surface area contributed by atoms with Crippen molar-refractivity contribution in [3.8, 4) is 5.75 Å². The topological polar surface area (TPSA) is 50.6 Å². The molecule has 1 amide bonds. The fraction of sp³-hybridized carbons (Fsp3) is 0.444. The molecule has 1 aromatic carbocycles. The van der Waals surface area contributed by atoms with Gasteiger partial charge in [0.15, 0.2) is 5.69 Å². The second-order valence-electron chi connectivity index (χ2n) is 6.10. The summed E-state index contributed by atoms with van der Waals surface area (Å²) in [7, 11) is 1.68. The number of hydrogen-bond donors (Lipinski definition) is 0. The molecule has 1 aliphatic rings. The Kier molecular flexibility index (Phi) is 5.60. The standard InChI is InChI=1S/C18H23ClN4O2/c1-3-23-13-16(19)17(20-23)18(24)22-9-7-21(8-10-22)12-14-5-4-6-15(11-14)25-2/h4-6,11,13H,3,7-10,12H2,1-2H3. The number of piperazine rings is 1. The summed E-state index contributed by atoms with van der Waals surface area (Å²) in [5.74, 6) is 0.783. The summed E-state index contributed by atoms with van der Waals surface area (Å²) in [5.41, 5.74) is 1.56. The molecule has 0 atom stereocenters. The van der Waals surface area contributed by atoms with Gasteiger partial charge in [0.1, 0.15) is 5.75 Å². The van der Waals surface area contributed by atoms with Crippen LogP contribution in [0.5, 0.6) is 5.75 Å². The Morgan fingerprint density at radius 2 is 2.04 bits per heavy atom. The maximum atomic E-state index is 12.6. The van der Waals surface area contributed by atoms with Gasteiger partial charge >= 0.3 is 0 Å². The fourth-order valence-corrected chi connectivity index (χ4v) is 3.22. The van der Waals surface area contributed by atoms with Crippen LogP contribution in [0, 0.1) is 0 Å². The van der Waals surface area contributed by atoms with Gasteiger partial charge < -0.3 is 9.64 Å². The van der Waals surface area contributed by atoms with Crippen LogP contribution in [0.3, 0.4) is 0 Å². The van der Waals surface area contributed by atoms with Crippen LogP contribution in [-0.4, -0.2) is 58.8 Å². The summed E-state index contributed by atoms with van der Waals surface area (Å²) in [6, 6.07) is 8.09. The second kappa shape index (κ2) is 7.89. The first-order valence-corrected chi connectivity index (χ1v) is 8.86. The van der Waals surface area contributed by atoms with Crippen molar-refractivity contribution in [3.63, 3.8) is 0 Å². The molecule has 1 aliphatic heterocycles. The smallest absolute Gasteiger partial charge is 0.276 e. The Labute approximate surface area is 152 Å². The van der Waals surface area contributed by atoms with Gasteiger partial charge in [-0.25, -0.2) is 0 Å². The third kappa shape index (κ3) is 4.14. The number of carbonyl (C=O) groups excluding carboxylic acids is 1. The highest BCUT2D eigenvalue weighted by Gasteiger charge is 2.25. The zero-order valence-electron chi connectivity index (χ0n) is 14.6. The highest BCUT2D eigenvalue weighted by molar-refractivity contribution is 6.33. The number of aromatic nitrogens is 2. The van der Waals surface area contributed by atoms with Crippen molar-refractivity contribution in [2.45, 2.75) is 20.0 Å². The highest BCUT2D eigenvalue weighted by atomic mass is 35.5. The molecular weight excluding hydrogens is 340 g/mol. The van der Waals surface area contributed by atoms with Gasteiger partial charge in [0.25, 0.3) is 5.91 Å². The molecule has 0 spiro atoms. The lowest BCUT2D eigenvalue weighted by Crippen LogP contribution is -2.48. The van der Waals surface area contributed by atoms with Gasteiger partial charge in [-0.15, -0.1) is 0 Å². The minimum atomic E-state index is -0.0850. The first-order chi connectivity index (χ1) is 12.1. The van der Waals surface area contributed by atoms with Crippen molar-refractivity contribution in [1.29, 1.82) is 0 Å². The van der Waals surface area contributed by atoms with Crippen molar-refractivity contribution in [3.05, 3.63) is 46.7 Å². The summed E-state index contributed by atoms with van der Waals surface area (Å²) < 4.78 is 6.96. The van der Waals surface area contributed by atoms with E-state index < -0.39 is 0 Å². The van der Waals surface area contributed by atoms with Crippen molar-refractivity contribution in [1.82, 2.24) is 19.6 Å². The molecule has 2 aromatic rings. The first kappa shape index (κ1) is 17.8. The molecule has 0 radical (unpaired) electrons. The third-order valence-corrected chi connectivity index (χ3v) is 4.72. The van der Waals surface area contributed by atoms with Crippen molar-refractivity contribution < 1.29 is 9.53 Å². The van der Waals surface area contributed by atoms with Crippen LogP contribution in [0.2, 0.25) is 5.02 Å². The fourth-order valence-electron chi connectivity index (χ4n) is 2.99. The predicted octanol–water partition coefficient (Wildman–Crippen LogP) is 2.52. The normalized spacial score (nSPS) is 15.4. The van der Waals surface area contributed by atoms with Crippen LogP contribution in [0.25, 0.3) is 0 Å². The Morgan fingerprint density at radius 1 is 1.28 bits per heavy atom. The van der Waals surface area contributed by atoms with Crippen LogP contribution in [0.15, 0.2) is 30.5 Å². The number of nitrogens with zero attached hydrogens (tertiary/aromatic N) is 4. The van der Waals surface area contributed by atoms with E-state index in [1.165, 1.54) is 5.56 Å². The van der Waals surface area contributed by atoms with Gasteiger partial charge in [0.2, 0.25) is 0 Å². The molecule has 134 valence electrons. The first-order valence-electron chi connectivity index (χ1n) is 8.48. The molecule has 7 heteroatoms. The largest absolute Gasteiger partial charge is 0.497 e. The van der Waals surface area contributed by atoms with Gasteiger partial charge in [-0.3, -0.25) is 14.4 Å². The summed E-state index contributed by atoms with van der Waals surface area (Å²) >= 11 is 6.15. The van der Waals surface area contributed by atoms with Gasteiger partial charge in [-0.1, -0.05) is 23.7 Å². The lowest BCUT2D eigenvalue weighted by molar-refractivity contribution is 0.0622. The number of amides is 1.